The number of aliphatic hydroxyl groups is 1. The molecule has 6 nitrogen and oxygen atoms in total. The van der Waals surface area contributed by atoms with Crippen molar-refractivity contribution in [3.8, 4) is 0 Å². The van der Waals surface area contributed by atoms with Gasteiger partial charge in [-0.15, -0.1) is 0 Å². The van der Waals surface area contributed by atoms with Crippen molar-refractivity contribution < 1.29 is 14.7 Å². The van der Waals surface area contributed by atoms with Gasteiger partial charge < -0.3 is 25.5 Å². The predicted molar refractivity (Wildman–Crippen MR) is 139 cm³/mol. The molecule has 2 aromatic rings. The first-order valence-electron chi connectivity index (χ1n) is 11.7. The number of aldehydes is 1. The number of aryl methyl sites for hydroxylation is 1. The number of benzene rings is 1. The van der Waals surface area contributed by atoms with Gasteiger partial charge in [0.15, 0.2) is 0 Å². The van der Waals surface area contributed by atoms with E-state index < -0.39 is 0 Å². The number of aliphatic hydroxyl groups excluding tert-OH is 1. The summed E-state index contributed by atoms with van der Waals surface area (Å²) in [6.07, 6.45) is 3.75. The lowest BCUT2D eigenvalue weighted by atomic mass is 10.1. The van der Waals surface area contributed by atoms with Gasteiger partial charge in [-0.25, -0.2) is 0 Å². The first kappa shape index (κ1) is 34.4. The zero-order valence-corrected chi connectivity index (χ0v) is 21.9. The van der Waals surface area contributed by atoms with E-state index in [-0.39, 0.29) is 5.91 Å². The van der Waals surface area contributed by atoms with Crippen LogP contribution < -0.4 is 10.6 Å². The van der Waals surface area contributed by atoms with E-state index in [1.54, 1.807) is 0 Å². The molecule has 32 heavy (non-hydrogen) atoms. The monoisotopic (exact) mass is 451 g/mol. The zero-order chi connectivity index (χ0) is 25.4. The number of nitrogens with one attached hydrogen (secondary N) is 3. The molecule has 0 aliphatic heterocycles. The van der Waals surface area contributed by atoms with Gasteiger partial charge in [0, 0.05) is 37.3 Å². The van der Waals surface area contributed by atoms with Crippen LogP contribution in [0.15, 0.2) is 30.3 Å². The van der Waals surface area contributed by atoms with Crippen LogP contribution in [0.1, 0.15) is 73.4 Å². The summed E-state index contributed by atoms with van der Waals surface area (Å²) < 4.78 is 0. The second kappa shape index (κ2) is 25.1. The number of unbranched alkanes of at least 4 members (excludes halogenated alkanes) is 1. The third-order valence-electron chi connectivity index (χ3n) is 3.72. The Labute approximate surface area is 196 Å². The number of carbonyl (C=O) groups is 2. The van der Waals surface area contributed by atoms with Gasteiger partial charge >= 0.3 is 0 Å². The van der Waals surface area contributed by atoms with Crippen LogP contribution in [-0.2, 0) is 9.59 Å². The standard InChI is InChI=1S/C9H19NO.C9H9N.C5H11NO.C2H6.CH4O/c1-4-5-6-10-9(11)7-8(2)3;1-7-6-8-4-2-3-5-9(8)10-7;1-5(2)6-3-4-7;2*1-2/h8H,4-7H2,1-3H3,(H,10,11);2-6,10H,1H3;4-6H,3H2,1-2H3;1-2H3;2H,1H3. The number of rotatable bonds is 8. The first-order valence-corrected chi connectivity index (χ1v) is 11.7. The van der Waals surface area contributed by atoms with Crippen LogP contribution in [0.5, 0.6) is 0 Å². The number of aromatic nitrogens is 1. The molecular formula is C26H49N3O3. The Hall–Kier alpha value is -2.18. The van der Waals surface area contributed by atoms with Crippen LogP contribution in [-0.4, -0.2) is 48.5 Å². The van der Waals surface area contributed by atoms with Crippen LogP contribution in [0.25, 0.3) is 10.9 Å². The maximum Gasteiger partial charge on any atom is 0.220 e. The van der Waals surface area contributed by atoms with Crippen molar-refractivity contribution in [2.45, 2.75) is 80.7 Å². The first-order chi connectivity index (χ1) is 15.3. The molecular weight excluding hydrogens is 402 g/mol. The lowest BCUT2D eigenvalue weighted by molar-refractivity contribution is -0.121. The summed E-state index contributed by atoms with van der Waals surface area (Å²) in [6.45, 7) is 17.6. The molecule has 1 aromatic heterocycles. The van der Waals surface area contributed by atoms with Crippen molar-refractivity contribution in [2.24, 2.45) is 5.92 Å². The Bertz CT molecular complexity index is 634. The van der Waals surface area contributed by atoms with Gasteiger partial charge in [-0.2, -0.15) is 0 Å². The number of hydrogen-bond donors (Lipinski definition) is 4. The highest BCUT2D eigenvalue weighted by molar-refractivity contribution is 5.80. The van der Waals surface area contributed by atoms with Crippen molar-refractivity contribution in [3.63, 3.8) is 0 Å². The highest BCUT2D eigenvalue weighted by Crippen LogP contribution is 2.12. The number of fused-ring (bicyclic) bond motifs is 1. The van der Waals surface area contributed by atoms with E-state index in [4.69, 9.17) is 5.11 Å². The molecule has 0 saturated carbocycles. The molecule has 1 aromatic carbocycles. The van der Waals surface area contributed by atoms with Crippen LogP contribution in [0, 0.1) is 12.8 Å². The molecule has 6 heteroatoms. The van der Waals surface area contributed by atoms with Crippen molar-refractivity contribution in [3.05, 3.63) is 36.0 Å². The summed E-state index contributed by atoms with van der Waals surface area (Å²) in [5.74, 6) is 0.657. The number of amides is 1. The van der Waals surface area contributed by atoms with E-state index in [2.05, 4.69) is 67.6 Å². The highest BCUT2D eigenvalue weighted by atomic mass is 16.2. The smallest absolute Gasteiger partial charge is 0.220 e. The van der Waals surface area contributed by atoms with Crippen molar-refractivity contribution in [1.29, 1.82) is 0 Å². The quantitative estimate of drug-likeness (QED) is 0.326. The fraction of sp³-hybridized carbons (Fsp3) is 0.615. The molecule has 0 fully saturated rings. The molecule has 0 radical (unpaired) electrons. The fourth-order valence-corrected chi connectivity index (χ4v) is 2.35. The van der Waals surface area contributed by atoms with E-state index in [9.17, 15) is 9.59 Å². The van der Waals surface area contributed by atoms with Crippen molar-refractivity contribution in [1.82, 2.24) is 15.6 Å². The van der Waals surface area contributed by atoms with Gasteiger partial charge in [0.1, 0.15) is 6.29 Å². The Balaban J connectivity index is -0.000000372. The fourth-order valence-electron chi connectivity index (χ4n) is 2.35. The van der Waals surface area contributed by atoms with Crippen molar-refractivity contribution in [2.75, 3.05) is 20.2 Å². The number of para-hydroxylation sites is 1. The van der Waals surface area contributed by atoms with Crippen molar-refractivity contribution >= 4 is 23.1 Å². The lowest BCUT2D eigenvalue weighted by Crippen LogP contribution is -2.25. The normalized spacial score (nSPS) is 9.25. The van der Waals surface area contributed by atoms with E-state index >= 15 is 0 Å². The Morgan fingerprint density at radius 3 is 2.16 bits per heavy atom. The molecule has 0 aliphatic carbocycles. The minimum Gasteiger partial charge on any atom is -0.400 e. The van der Waals surface area contributed by atoms with Gasteiger partial charge in [-0.05, 0) is 36.8 Å². The maximum absolute atomic E-state index is 11.0. The van der Waals surface area contributed by atoms with E-state index in [0.717, 1.165) is 32.8 Å². The summed E-state index contributed by atoms with van der Waals surface area (Å²) in [5.41, 5.74) is 2.45. The molecule has 0 spiro atoms. The van der Waals surface area contributed by atoms with Gasteiger partial charge in [-0.3, -0.25) is 4.79 Å². The Kier molecular flexibility index (Phi) is 27.0. The predicted octanol–water partition coefficient (Wildman–Crippen LogP) is 5.24. The Morgan fingerprint density at radius 1 is 1.12 bits per heavy atom. The van der Waals surface area contributed by atoms with Gasteiger partial charge in [0.25, 0.3) is 0 Å². The van der Waals surface area contributed by atoms with E-state index in [1.807, 2.05) is 33.8 Å². The molecule has 2 rings (SSSR count). The summed E-state index contributed by atoms with van der Waals surface area (Å²) in [5, 5.41) is 14.1. The number of aromatic amines is 1. The summed E-state index contributed by atoms with van der Waals surface area (Å²) in [7, 11) is 1.00. The molecule has 1 heterocycles. The topological polar surface area (TPSA) is 94.2 Å². The molecule has 0 bridgehead atoms. The molecule has 186 valence electrons. The summed E-state index contributed by atoms with van der Waals surface area (Å²) in [4.78, 5) is 23.9. The largest absolute Gasteiger partial charge is 0.400 e. The summed E-state index contributed by atoms with van der Waals surface area (Å²) >= 11 is 0. The second-order valence-electron chi connectivity index (χ2n) is 7.57. The average Bonchev–Trinajstić information content (AvgIpc) is 3.16. The lowest BCUT2D eigenvalue weighted by Gasteiger charge is -2.05. The number of carbonyl (C=O) groups excluding carboxylic acids is 2. The SMILES string of the molecule is CC.CC(C)NCC=O.CCCCNC(=O)CC(C)C.CO.Cc1cc2ccccc2[nH]1. The van der Waals surface area contributed by atoms with Gasteiger partial charge in [0.2, 0.25) is 5.91 Å². The molecule has 4 N–H and O–H groups in total. The van der Waals surface area contributed by atoms with Crippen LogP contribution in [0.3, 0.4) is 0 Å². The van der Waals surface area contributed by atoms with Crippen LogP contribution in [0.4, 0.5) is 0 Å². The summed E-state index contributed by atoms with van der Waals surface area (Å²) in [6, 6.07) is 10.9. The third-order valence-corrected chi connectivity index (χ3v) is 3.72. The zero-order valence-electron chi connectivity index (χ0n) is 21.9. The van der Waals surface area contributed by atoms with E-state index in [0.29, 0.717) is 24.9 Å². The second-order valence-corrected chi connectivity index (χ2v) is 7.57. The van der Waals surface area contributed by atoms with Crippen LogP contribution in [0.2, 0.25) is 0 Å². The molecule has 0 aliphatic rings. The minimum absolute atomic E-state index is 0.188. The minimum atomic E-state index is 0.188. The number of hydrogen-bond acceptors (Lipinski definition) is 4. The third kappa shape index (κ3) is 22.5. The molecule has 0 unspecified atom stereocenters. The van der Waals surface area contributed by atoms with Crippen LogP contribution >= 0.6 is 0 Å². The van der Waals surface area contributed by atoms with Gasteiger partial charge in [0.05, 0.1) is 6.54 Å². The average molecular weight is 452 g/mol. The Morgan fingerprint density at radius 2 is 1.72 bits per heavy atom. The highest BCUT2D eigenvalue weighted by Gasteiger charge is 2.02. The maximum atomic E-state index is 11.0. The van der Waals surface area contributed by atoms with E-state index in [1.165, 1.54) is 16.6 Å². The molecule has 0 atom stereocenters. The molecule has 0 saturated heterocycles. The number of H-pyrrole nitrogens is 1. The van der Waals surface area contributed by atoms with Gasteiger partial charge in [-0.1, -0.05) is 73.1 Å². The molecule has 1 amide bonds.